The molecule has 3 rings (SSSR count). The third kappa shape index (κ3) is 1.90. The van der Waals surface area contributed by atoms with Crippen molar-refractivity contribution < 1.29 is 9.90 Å². The Morgan fingerprint density at radius 1 is 1.44 bits per heavy atom. The highest BCUT2D eigenvalue weighted by molar-refractivity contribution is 5.97. The number of aromatic carboxylic acids is 1. The lowest BCUT2D eigenvalue weighted by Crippen LogP contribution is -2.07. The lowest BCUT2D eigenvalue weighted by molar-refractivity contribution is 0.0691. The average Bonchev–Trinajstić information content (AvgIpc) is 3.04. The van der Waals surface area contributed by atoms with E-state index in [1.807, 2.05) is 24.3 Å². The van der Waals surface area contributed by atoms with Crippen molar-refractivity contribution in [1.29, 1.82) is 0 Å². The molecule has 1 saturated carbocycles. The standard InChI is InChI=1S/C14H14N2O2/c1-8-6-11(8)16-12-7-13(14(17)18)15-10-5-3-2-4-9(10)12/h2-5,7-8,11H,6H2,1H3,(H,15,16)(H,17,18). The molecule has 0 spiro atoms. The highest BCUT2D eigenvalue weighted by Crippen LogP contribution is 2.34. The molecule has 1 aromatic carbocycles. The second-order valence-electron chi connectivity index (χ2n) is 4.84. The van der Waals surface area contributed by atoms with Crippen molar-refractivity contribution in [3.8, 4) is 0 Å². The summed E-state index contributed by atoms with van der Waals surface area (Å²) >= 11 is 0. The largest absolute Gasteiger partial charge is 0.477 e. The average molecular weight is 242 g/mol. The molecule has 1 aliphatic carbocycles. The van der Waals surface area contributed by atoms with Gasteiger partial charge in [-0.15, -0.1) is 0 Å². The van der Waals surface area contributed by atoms with Gasteiger partial charge in [0.05, 0.1) is 5.52 Å². The van der Waals surface area contributed by atoms with Crippen LogP contribution in [0.5, 0.6) is 0 Å². The summed E-state index contributed by atoms with van der Waals surface area (Å²) in [6.07, 6.45) is 1.14. The molecule has 2 atom stereocenters. The number of nitrogens with one attached hydrogen (secondary N) is 1. The van der Waals surface area contributed by atoms with Gasteiger partial charge in [-0.1, -0.05) is 25.1 Å². The maximum Gasteiger partial charge on any atom is 0.354 e. The lowest BCUT2D eigenvalue weighted by Gasteiger charge is -2.10. The highest BCUT2D eigenvalue weighted by atomic mass is 16.4. The number of rotatable bonds is 3. The van der Waals surface area contributed by atoms with Gasteiger partial charge >= 0.3 is 5.97 Å². The van der Waals surface area contributed by atoms with Gasteiger partial charge in [0.15, 0.2) is 5.69 Å². The number of carboxylic acids is 1. The zero-order valence-corrected chi connectivity index (χ0v) is 10.1. The van der Waals surface area contributed by atoms with E-state index in [1.54, 1.807) is 6.07 Å². The summed E-state index contributed by atoms with van der Waals surface area (Å²) in [7, 11) is 0. The fourth-order valence-corrected chi connectivity index (χ4v) is 2.13. The summed E-state index contributed by atoms with van der Waals surface area (Å²) in [6.45, 7) is 2.18. The smallest absolute Gasteiger partial charge is 0.354 e. The van der Waals surface area contributed by atoms with Crippen LogP contribution in [-0.2, 0) is 0 Å². The fraction of sp³-hybridized carbons (Fsp3) is 0.286. The van der Waals surface area contributed by atoms with Crippen molar-refractivity contribution in [1.82, 2.24) is 4.98 Å². The molecule has 1 fully saturated rings. The number of nitrogens with zero attached hydrogens (tertiary/aromatic N) is 1. The molecule has 0 bridgehead atoms. The van der Waals surface area contributed by atoms with E-state index in [0.29, 0.717) is 17.5 Å². The second kappa shape index (κ2) is 3.98. The maximum atomic E-state index is 11.1. The van der Waals surface area contributed by atoms with Crippen molar-refractivity contribution in [2.45, 2.75) is 19.4 Å². The van der Waals surface area contributed by atoms with Crippen LogP contribution in [0, 0.1) is 5.92 Å². The monoisotopic (exact) mass is 242 g/mol. The zero-order valence-electron chi connectivity index (χ0n) is 10.1. The minimum Gasteiger partial charge on any atom is -0.477 e. The number of carboxylic acid groups (broad SMARTS) is 1. The predicted molar refractivity (Wildman–Crippen MR) is 69.9 cm³/mol. The van der Waals surface area contributed by atoms with E-state index in [0.717, 1.165) is 17.5 Å². The highest BCUT2D eigenvalue weighted by Gasteiger charge is 2.32. The Bertz CT molecular complexity index is 624. The first kappa shape index (κ1) is 11.0. The number of pyridine rings is 1. The number of carbonyl (C=O) groups is 1. The van der Waals surface area contributed by atoms with E-state index < -0.39 is 5.97 Å². The number of hydrogen-bond donors (Lipinski definition) is 2. The predicted octanol–water partition coefficient (Wildman–Crippen LogP) is 2.75. The molecule has 0 aliphatic heterocycles. The number of aromatic nitrogens is 1. The first-order valence-electron chi connectivity index (χ1n) is 6.05. The fourth-order valence-electron chi connectivity index (χ4n) is 2.13. The van der Waals surface area contributed by atoms with Gasteiger partial charge in [-0.2, -0.15) is 0 Å². The quantitative estimate of drug-likeness (QED) is 0.868. The van der Waals surface area contributed by atoms with Crippen molar-refractivity contribution in [3.63, 3.8) is 0 Å². The van der Waals surface area contributed by atoms with Crippen LogP contribution in [-0.4, -0.2) is 22.1 Å². The normalized spacial score (nSPS) is 21.8. The maximum absolute atomic E-state index is 11.1. The Morgan fingerprint density at radius 2 is 2.17 bits per heavy atom. The summed E-state index contributed by atoms with van der Waals surface area (Å²) in [5.41, 5.74) is 1.67. The topological polar surface area (TPSA) is 62.2 Å². The van der Waals surface area contributed by atoms with Crippen LogP contribution in [0.25, 0.3) is 10.9 Å². The third-order valence-corrected chi connectivity index (χ3v) is 3.39. The molecule has 2 N–H and O–H groups in total. The van der Waals surface area contributed by atoms with Gasteiger partial charge in [0.1, 0.15) is 0 Å². The summed E-state index contributed by atoms with van der Waals surface area (Å²) < 4.78 is 0. The number of anilines is 1. The minimum atomic E-state index is -0.993. The molecule has 0 amide bonds. The molecular weight excluding hydrogens is 228 g/mol. The molecule has 4 nitrogen and oxygen atoms in total. The zero-order chi connectivity index (χ0) is 12.7. The van der Waals surface area contributed by atoms with Crippen LogP contribution >= 0.6 is 0 Å². The van der Waals surface area contributed by atoms with Gasteiger partial charge in [-0.3, -0.25) is 0 Å². The Hall–Kier alpha value is -2.10. The summed E-state index contributed by atoms with van der Waals surface area (Å²) in [5, 5.41) is 13.5. The molecule has 1 heterocycles. The SMILES string of the molecule is CC1CC1Nc1cc(C(=O)O)nc2ccccc12. The van der Waals surface area contributed by atoms with Gasteiger partial charge in [0, 0.05) is 17.1 Å². The van der Waals surface area contributed by atoms with Gasteiger partial charge < -0.3 is 10.4 Å². The summed E-state index contributed by atoms with van der Waals surface area (Å²) in [6, 6.07) is 9.68. The van der Waals surface area contributed by atoms with Crippen molar-refractivity contribution in [2.75, 3.05) is 5.32 Å². The van der Waals surface area contributed by atoms with E-state index in [9.17, 15) is 4.79 Å². The van der Waals surface area contributed by atoms with Crippen LogP contribution in [0.4, 0.5) is 5.69 Å². The van der Waals surface area contributed by atoms with Crippen LogP contribution in [0.3, 0.4) is 0 Å². The number of para-hydroxylation sites is 1. The van der Waals surface area contributed by atoms with Gasteiger partial charge in [0.2, 0.25) is 0 Å². The van der Waals surface area contributed by atoms with E-state index in [4.69, 9.17) is 5.11 Å². The molecule has 4 heteroatoms. The Labute approximate surface area is 105 Å². The van der Waals surface area contributed by atoms with Crippen LogP contribution in [0.15, 0.2) is 30.3 Å². The molecule has 18 heavy (non-hydrogen) atoms. The van der Waals surface area contributed by atoms with Gasteiger partial charge in [-0.25, -0.2) is 9.78 Å². The molecule has 0 radical (unpaired) electrons. The van der Waals surface area contributed by atoms with Crippen molar-refractivity contribution >= 4 is 22.6 Å². The summed E-state index contributed by atoms with van der Waals surface area (Å²) in [4.78, 5) is 15.2. The van der Waals surface area contributed by atoms with Gasteiger partial charge in [0.25, 0.3) is 0 Å². The Morgan fingerprint density at radius 3 is 2.83 bits per heavy atom. The van der Waals surface area contributed by atoms with E-state index in [1.165, 1.54) is 0 Å². The first-order valence-corrected chi connectivity index (χ1v) is 6.05. The molecule has 92 valence electrons. The summed E-state index contributed by atoms with van der Waals surface area (Å²) in [5.74, 6) is -0.335. The van der Waals surface area contributed by atoms with E-state index in [2.05, 4.69) is 17.2 Å². The van der Waals surface area contributed by atoms with E-state index in [-0.39, 0.29) is 5.69 Å². The second-order valence-corrected chi connectivity index (χ2v) is 4.84. The Balaban J connectivity index is 2.10. The number of hydrogen-bond acceptors (Lipinski definition) is 3. The molecule has 1 aromatic heterocycles. The van der Waals surface area contributed by atoms with Gasteiger partial charge in [-0.05, 0) is 24.5 Å². The molecule has 2 aromatic rings. The molecule has 1 aliphatic rings. The van der Waals surface area contributed by atoms with E-state index >= 15 is 0 Å². The number of benzene rings is 1. The van der Waals surface area contributed by atoms with Crippen molar-refractivity contribution in [3.05, 3.63) is 36.0 Å². The van der Waals surface area contributed by atoms with Crippen LogP contribution in [0.2, 0.25) is 0 Å². The first-order chi connectivity index (χ1) is 8.65. The lowest BCUT2D eigenvalue weighted by atomic mass is 10.1. The van der Waals surface area contributed by atoms with Crippen LogP contribution in [0.1, 0.15) is 23.8 Å². The van der Waals surface area contributed by atoms with Crippen molar-refractivity contribution in [2.24, 2.45) is 5.92 Å². The Kier molecular flexibility index (Phi) is 2.44. The third-order valence-electron chi connectivity index (χ3n) is 3.39. The minimum absolute atomic E-state index is 0.0875. The molecular formula is C14H14N2O2. The molecule has 2 unspecified atom stereocenters. The molecule has 0 saturated heterocycles. The van der Waals surface area contributed by atoms with Crippen LogP contribution < -0.4 is 5.32 Å². The number of fused-ring (bicyclic) bond motifs is 1.